The molecule has 2 aromatic rings. The first kappa shape index (κ1) is 12.3. The first-order valence-electron chi connectivity index (χ1n) is 5.03. The molecule has 0 amide bonds. The summed E-state index contributed by atoms with van der Waals surface area (Å²) in [4.78, 5) is 10.3. The first-order valence-corrected chi connectivity index (χ1v) is 5.41. The van der Waals surface area contributed by atoms with Crippen molar-refractivity contribution in [2.75, 3.05) is 5.32 Å². The van der Waals surface area contributed by atoms with E-state index < -0.39 is 4.92 Å². The monoisotopic (exact) mass is 266 g/mol. The Balaban J connectivity index is 2.39. The summed E-state index contributed by atoms with van der Waals surface area (Å²) in [7, 11) is 0. The predicted octanol–water partition coefficient (Wildman–Crippen LogP) is 4.13. The van der Waals surface area contributed by atoms with E-state index in [0.29, 0.717) is 5.69 Å². The van der Waals surface area contributed by atoms with Crippen molar-refractivity contribution in [3.05, 3.63) is 63.4 Å². The van der Waals surface area contributed by atoms with Gasteiger partial charge in [0, 0.05) is 11.8 Å². The van der Waals surface area contributed by atoms with Crippen molar-refractivity contribution in [1.82, 2.24) is 0 Å². The average molecular weight is 267 g/mol. The van der Waals surface area contributed by atoms with Crippen LogP contribution in [0.4, 0.5) is 21.5 Å². The largest absolute Gasteiger partial charge is 0.349 e. The van der Waals surface area contributed by atoms with E-state index in [-0.39, 0.29) is 22.2 Å². The van der Waals surface area contributed by atoms with E-state index in [1.165, 1.54) is 36.4 Å². The number of rotatable bonds is 3. The molecule has 92 valence electrons. The van der Waals surface area contributed by atoms with Gasteiger partial charge in [0.1, 0.15) is 11.5 Å². The summed E-state index contributed by atoms with van der Waals surface area (Å²) < 4.78 is 12.8. The van der Waals surface area contributed by atoms with Gasteiger partial charge in [-0.2, -0.15) is 0 Å². The maximum absolute atomic E-state index is 12.8. The van der Waals surface area contributed by atoms with Gasteiger partial charge in [-0.05, 0) is 30.3 Å². The van der Waals surface area contributed by atoms with E-state index >= 15 is 0 Å². The number of para-hydroxylation sites is 1. The Kier molecular flexibility index (Phi) is 3.43. The molecule has 0 radical (unpaired) electrons. The van der Waals surface area contributed by atoms with Crippen LogP contribution < -0.4 is 5.32 Å². The maximum atomic E-state index is 12.8. The number of hydrogen-bond donors (Lipinski definition) is 1. The maximum Gasteiger partial charge on any atom is 0.294 e. The molecule has 0 aliphatic heterocycles. The zero-order valence-corrected chi connectivity index (χ0v) is 9.82. The lowest BCUT2D eigenvalue weighted by atomic mass is 10.2. The quantitative estimate of drug-likeness (QED) is 0.671. The highest BCUT2D eigenvalue weighted by atomic mass is 35.5. The van der Waals surface area contributed by atoms with Crippen LogP contribution >= 0.6 is 11.6 Å². The van der Waals surface area contributed by atoms with Crippen LogP contribution in [-0.4, -0.2) is 4.92 Å². The summed E-state index contributed by atoms with van der Waals surface area (Å²) in [5.41, 5.74) is 0.579. The van der Waals surface area contributed by atoms with Gasteiger partial charge < -0.3 is 5.32 Å². The second kappa shape index (κ2) is 5.01. The van der Waals surface area contributed by atoms with Crippen molar-refractivity contribution in [2.45, 2.75) is 0 Å². The lowest BCUT2D eigenvalue weighted by molar-refractivity contribution is -0.383. The first-order chi connectivity index (χ1) is 8.58. The molecule has 0 saturated heterocycles. The van der Waals surface area contributed by atoms with Crippen molar-refractivity contribution in [3.63, 3.8) is 0 Å². The Morgan fingerprint density at radius 3 is 2.44 bits per heavy atom. The normalized spacial score (nSPS) is 10.1. The molecule has 18 heavy (non-hydrogen) atoms. The number of benzene rings is 2. The molecule has 0 unspecified atom stereocenters. The van der Waals surface area contributed by atoms with Gasteiger partial charge in [-0.25, -0.2) is 4.39 Å². The van der Waals surface area contributed by atoms with Gasteiger partial charge in [-0.1, -0.05) is 17.7 Å². The van der Waals surface area contributed by atoms with Crippen LogP contribution in [0.15, 0.2) is 42.5 Å². The van der Waals surface area contributed by atoms with Gasteiger partial charge in [0.2, 0.25) is 0 Å². The van der Waals surface area contributed by atoms with Crippen molar-refractivity contribution in [3.8, 4) is 0 Å². The SMILES string of the molecule is O=[N+]([O-])c1cccc(Cl)c1Nc1ccc(F)cc1. The van der Waals surface area contributed by atoms with Gasteiger partial charge in [-0.3, -0.25) is 10.1 Å². The van der Waals surface area contributed by atoms with E-state index in [9.17, 15) is 14.5 Å². The fourth-order valence-electron chi connectivity index (χ4n) is 1.47. The van der Waals surface area contributed by atoms with Gasteiger partial charge in [0.25, 0.3) is 5.69 Å². The predicted molar refractivity (Wildman–Crippen MR) is 67.8 cm³/mol. The highest BCUT2D eigenvalue weighted by molar-refractivity contribution is 6.33. The summed E-state index contributed by atoms with van der Waals surface area (Å²) in [6.45, 7) is 0. The lowest BCUT2D eigenvalue weighted by Crippen LogP contribution is -1.97. The molecule has 0 atom stereocenters. The molecule has 6 heteroatoms. The molecule has 2 rings (SSSR count). The van der Waals surface area contributed by atoms with E-state index in [0.717, 1.165) is 0 Å². The summed E-state index contributed by atoms with van der Waals surface area (Å²) >= 11 is 5.91. The average Bonchev–Trinajstić information content (AvgIpc) is 2.34. The Bertz CT molecular complexity index is 587. The number of hydrogen-bond acceptors (Lipinski definition) is 3. The number of anilines is 2. The Morgan fingerprint density at radius 2 is 1.83 bits per heavy atom. The molecule has 0 bridgehead atoms. The summed E-state index contributed by atoms with van der Waals surface area (Å²) in [6, 6.07) is 9.84. The van der Waals surface area contributed by atoms with Crippen LogP contribution in [0.1, 0.15) is 0 Å². The molecule has 2 aromatic carbocycles. The number of nitro benzene ring substituents is 1. The number of nitrogens with one attached hydrogen (secondary N) is 1. The second-order valence-corrected chi connectivity index (χ2v) is 3.93. The molecule has 0 spiro atoms. The second-order valence-electron chi connectivity index (χ2n) is 3.52. The minimum atomic E-state index is -0.530. The lowest BCUT2D eigenvalue weighted by Gasteiger charge is -2.08. The van der Waals surface area contributed by atoms with E-state index in [2.05, 4.69) is 5.32 Å². The fraction of sp³-hybridized carbons (Fsp3) is 0. The molecule has 0 aliphatic carbocycles. The van der Waals surface area contributed by atoms with Crippen molar-refractivity contribution >= 4 is 28.7 Å². The summed E-state index contributed by atoms with van der Waals surface area (Å²) in [5.74, 6) is -0.380. The molecular formula is C12H8ClFN2O2. The summed E-state index contributed by atoms with van der Waals surface area (Å²) in [6.07, 6.45) is 0. The van der Waals surface area contributed by atoms with E-state index in [1.807, 2.05) is 0 Å². The highest BCUT2D eigenvalue weighted by Gasteiger charge is 2.16. The van der Waals surface area contributed by atoms with E-state index in [4.69, 9.17) is 11.6 Å². The highest BCUT2D eigenvalue weighted by Crippen LogP contribution is 2.34. The van der Waals surface area contributed by atoms with Crippen LogP contribution in [0.3, 0.4) is 0 Å². The minimum absolute atomic E-state index is 0.133. The van der Waals surface area contributed by atoms with Crippen LogP contribution in [0, 0.1) is 15.9 Å². The molecule has 0 aliphatic rings. The zero-order valence-electron chi connectivity index (χ0n) is 9.06. The van der Waals surface area contributed by atoms with Crippen LogP contribution in [0.2, 0.25) is 5.02 Å². The Hall–Kier alpha value is -2.14. The van der Waals surface area contributed by atoms with Crippen LogP contribution in [0.25, 0.3) is 0 Å². The Labute approximate surface area is 107 Å². The van der Waals surface area contributed by atoms with Gasteiger partial charge in [-0.15, -0.1) is 0 Å². The van der Waals surface area contributed by atoms with Crippen LogP contribution in [0.5, 0.6) is 0 Å². The van der Waals surface area contributed by atoms with Crippen molar-refractivity contribution in [2.24, 2.45) is 0 Å². The third kappa shape index (κ3) is 2.57. The number of nitro groups is 1. The number of halogens is 2. The van der Waals surface area contributed by atoms with Crippen LogP contribution in [-0.2, 0) is 0 Å². The molecule has 0 aromatic heterocycles. The zero-order chi connectivity index (χ0) is 13.1. The van der Waals surface area contributed by atoms with Gasteiger partial charge in [0.05, 0.1) is 9.95 Å². The number of nitrogens with zero attached hydrogens (tertiary/aromatic N) is 1. The molecule has 4 nitrogen and oxygen atoms in total. The molecule has 0 saturated carbocycles. The molecular weight excluding hydrogens is 259 g/mol. The standard InChI is InChI=1S/C12H8ClFN2O2/c13-10-2-1-3-11(16(17)18)12(10)15-9-6-4-8(14)5-7-9/h1-7,15H. The van der Waals surface area contributed by atoms with Gasteiger partial charge >= 0.3 is 0 Å². The topological polar surface area (TPSA) is 55.2 Å². The molecule has 0 fully saturated rings. The third-order valence-corrected chi connectivity index (χ3v) is 2.62. The van der Waals surface area contributed by atoms with E-state index in [1.54, 1.807) is 6.07 Å². The van der Waals surface area contributed by atoms with Gasteiger partial charge in [0.15, 0.2) is 0 Å². The fourth-order valence-corrected chi connectivity index (χ4v) is 1.68. The Morgan fingerprint density at radius 1 is 1.17 bits per heavy atom. The molecule has 0 heterocycles. The smallest absolute Gasteiger partial charge is 0.294 e. The third-order valence-electron chi connectivity index (χ3n) is 2.30. The molecule has 1 N–H and O–H groups in total. The van der Waals surface area contributed by atoms with Crippen molar-refractivity contribution < 1.29 is 9.31 Å². The minimum Gasteiger partial charge on any atom is -0.349 e. The van der Waals surface area contributed by atoms with Crippen molar-refractivity contribution in [1.29, 1.82) is 0 Å². The summed E-state index contributed by atoms with van der Waals surface area (Å²) in [5, 5.41) is 13.9.